The van der Waals surface area contributed by atoms with Crippen molar-refractivity contribution < 1.29 is 4.39 Å². The predicted octanol–water partition coefficient (Wildman–Crippen LogP) is 2.66. The highest BCUT2D eigenvalue weighted by molar-refractivity contribution is 5.27. The standard InChI is InChI=1S/C16H23FN4/c1-4-14-9-15(21(5-2)20-14)10-16(19-18)12-6-11(3)7-13(17)8-12/h6-9,16,19H,4-5,10,18H2,1-3H3. The Morgan fingerprint density at radius 1 is 1.29 bits per heavy atom. The summed E-state index contributed by atoms with van der Waals surface area (Å²) in [6.45, 7) is 6.84. The fourth-order valence-corrected chi connectivity index (χ4v) is 2.57. The fourth-order valence-electron chi connectivity index (χ4n) is 2.57. The van der Waals surface area contributed by atoms with Crippen molar-refractivity contribution in [1.29, 1.82) is 0 Å². The van der Waals surface area contributed by atoms with Gasteiger partial charge in [0.1, 0.15) is 5.82 Å². The molecule has 0 fully saturated rings. The maximum Gasteiger partial charge on any atom is 0.123 e. The number of nitrogens with two attached hydrogens (primary N) is 1. The van der Waals surface area contributed by atoms with E-state index >= 15 is 0 Å². The van der Waals surface area contributed by atoms with Crippen LogP contribution >= 0.6 is 0 Å². The van der Waals surface area contributed by atoms with E-state index in [1.54, 1.807) is 0 Å². The molecule has 1 heterocycles. The molecule has 21 heavy (non-hydrogen) atoms. The van der Waals surface area contributed by atoms with Crippen molar-refractivity contribution in [3.8, 4) is 0 Å². The van der Waals surface area contributed by atoms with Crippen molar-refractivity contribution in [3.63, 3.8) is 0 Å². The number of hydrazine groups is 1. The van der Waals surface area contributed by atoms with Crippen LogP contribution in [0.5, 0.6) is 0 Å². The SMILES string of the molecule is CCc1cc(CC(NN)c2cc(C)cc(F)c2)n(CC)n1. The lowest BCUT2D eigenvalue weighted by Crippen LogP contribution is -2.30. The third-order valence-corrected chi connectivity index (χ3v) is 3.66. The van der Waals surface area contributed by atoms with E-state index in [9.17, 15) is 4.39 Å². The second kappa shape index (κ2) is 6.83. The zero-order valence-electron chi connectivity index (χ0n) is 12.9. The Hall–Kier alpha value is -1.72. The Bertz CT molecular complexity index is 586. The molecule has 0 spiro atoms. The average Bonchev–Trinajstić information content (AvgIpc) is 2.85. The molecule has 1 unspecified atom stereocenters. The van der Waals surface area contributed by atoms with Gasteiger partial charge in [0.25, 0.3) is 0 Å². The Morgan fingerprint density at radius 2 is 2.05 bits per heavy atom. The highest BCUT2D eigenvalue weighted by Crippen LogP contribution is 2.21. The minimum absolute atomic E-state index is 0.133. The highest BCUT2D eigenvalue weighted by atomic mass is 19.1. The van der Waals surface area contributed by atoms with Crippen molar-refractivity contribution in [1.82, 2.24) is 15.2 Å². The summed E-state index contributed by atoms with van der Waals surface area (Å²) in [5.41, 5.74) is 6.72. The van der Waals surface area contributed by atoms with Crippen LogP contribution in [0.25, 0.3) is 0 Å². The molecule has 2 rings (SSSR count). The molecule has 1 atom stereocenters. The minimum atomic E-state index is -0.233. The van der Waals surface area contributed by atoms with Crippen LogP contribution in [0.3, 0.4) is 0 Å². The van der Waals surface area contributed by atoms with Crippen LogP contribution in [-0.2, 0) is 19.4 Å². The molecule has 3 N–H and O–H groups in total. The zero-order valence-corrected chi connectivity index (χ0v) is 12.9. The maximum absolute atomic E-state index is 13.6. The number of hydrogen-bond acceptors (Lipinski definition) is 3. The van der Waals surface area contributed by atoms with E-state index < -0.39 is 0 Å². The number of aryl methyl sites for hydroxylation is 3. The molecule has 1 aromatic carbocycles. The van der Waals surface area contributed by atoms with Gasteiger partial charge >= 0.3 is 0 Å². The van der Waals surface area contributed by atoms with Crippen molar-refractivity contribution >= 4 is 0 Å². The van der Waals surface area contributed by atoms with Crippen LogP contribution in [0.15, 0.2) is 24.3 Å². The van der Waals surface area contributed by atoms with Gasteiger partial charge in [-0.15, -0.1) is 0 Å². The van der Waals surface area contributed by atoms with Gasteiger partial charge in [-0.05, 0) is 49.6 Å². The van der Waals surface area contributed by atoms with Gasteiger partial charge in [-0.3, -0.25) is 16.0 Å². The molecule has 0 radical (unpaired) electrons. The zero-order chi connectivity index (χ0) is 15.4. The largest absolute Gasteiger partial charge is 0.271 e. The second-order valence-electron chi connectivity index (χ2n) is 5.28. The third-order valence-electron chi connectivity index (χ3n) is 3.66. The first kappa shape index (κ1) is 15.7. The summed E-state index contributed by atoms with van der Waals surface area (Å²) in [5, 5.41) is 4.54. The van der Waals surface area contributed by atoms with Crippen LogP contribution < -0.4 is 11.3 Å². The van der Waals surface area contributed by atoms with Crippen LogP contribution in [0.4, 0.5) is 4.39 Å². The van der Waals surface area contributed by atoms with Crippen molar-refractivity contribution in [3.05, 3.63) is 52.6 Å². The summed E-state index contributed by atoms with van der Waals surface area (Å²) < 4.78 is 15.6. The molecule has 0 saturated carbocycles. The summed E-state index contributed by atoms with van der Waals surface area (Å²) in [5.74, 6) is 5.45. The predicted molar refractivity (Wildman–Crippen MR) is 82.2 cm³/mol. The molecule has 0 aliphatic heterocycles. The number of rotatable bonds is 6. The molecule has 2 aromatic rings. The first-order valence-electron chi connectivity index (χ1n) is 7.36. The minimum Gasteiger partial charge on any atom is -0.271 e. The topological polar surface area (TPSA) is 55.9 Å². The number of benzene rings is 1. The normalized spacial score (nSPS) is 12.6. The Labute approximate surface area is 125 Å². The molecule has 0 amide bonds. The van der Waals surface area contributed by atoms with E-state index in [2.05, 4.69) is 30.4 Å². The molecular weight excluding hydrogens is 267 g/mol. The lowest BCUT2D eigenvalue weighted by Gasteiger charge is -2.17. The highest BCUT2D eigenvalue weighted by Gasteiger charge is 2.15. The van der Waals surface area contributed by atoms with E-state index in [0.29, 0.717) is 6.42 Å². The molecule has 0 aliphatic carbocycles. The summed E-state index contributed by atoms with van der Waals surface area (Å²) in [6.07, 6.45) is 1.58. The van der Waals surface area contributed by atoms with E-state index in [0.717, 1.165) is 35.5 Å². The first-order chi connectivity index (χ1) is 10.1. The molecule has 1 aromatic heterocycles. The van der Waals surface area contributed by atoms with Gasteiger partial charge in [0.2, 0.25) is 0 Å². The summed E-state index contributed by atoms with van der Waals surface area (Å²) in [4.78, 5) is 0. The third kappa shape index (κ3) is 3.68. The average molecular weight is 290 g/mol. The monoisotopic (exact) mass is 290 g/mol. The second-order valence-corrected chi connectivity index (χ2v) is 5.28. The molecule has 5 heteroatoms. The first-order valence-corrected chi connectivity index (χ1v) is 7.36. The number of halogens is 1. The Balaban J connectivity index is 2.28. The Kier molecular flexibility index (Phi) is 5.09. The van der Waals surface area contributed by atoms with Crippen LogP contribution in [0.2, 0.25) is 0 Å². The summed E-state index contributed by atoms with van der Waals surface area (Å²) >= 11 is 0. The van der Waals surface area contributed by atoms with E-state index in [1.165, 1.54) is 12.1 Å². The van der Waals surface area contributed by atoms with E-state index in [-0.39, 0.29) is 11.9 Å². The molecule has 0 saturated heterocycles. The number of nitrogens with zero attached hydrogens (tertiary/aromatic N) is 2. The summed E-state index contributed by atoms with van der Waals surface area (Å²) in [7, 11) is 0. The van der Waals surface area contributed by atoms with Gasteiger partial charge in [0.15, 0.2) is 0 Å². The lowest BCUT2D eigenvalue weighted by molar-refractivity contribution is 0.512. The van der Waals surface area contributed by atoms with Crippen molar-refractivity contribution in [2.75, 3.05) is 0 Å². The molecular formula is C16H23FN4. The Morgan fingerprint density at radius 3 is 2.62 bits per heavy atom. The van der Waals surface area contributed by atoms with Gasteiger partial charge in [-0.25, -0.2) is 4.39 Å². The number of nitrogens with one attached hydrogen (secondary N) is 1. The van der Waals surface area contributed by atoms with Crippen molar-refractivity contribution in [2.45, 2.75) is 46.2 Å². The number of hydrogen-bond donors (Lipinski definition) is 2. The van der Waals surface area contributed by atoms with Gasteiger partial charge in [-0.2, -0.15) is 5.10 Å². The van der Waals surface area contributed by atoms with Crippen LogP contribution in [-0.4, -0.2) is 9.78 Å². The van der Waals surface area contributed by atoms with Gasteiger partial charge in [0, 0.05) is 18.7 Å². The van der Waals surface area contributed by atoms with E-state index in [1.807, 2.05) is 17.7 Å². The van der Waals surface area contributed by atoms with Crippen molar-refractivity contribution in [2.24, 2.45) is 5.84 Å². The van der Waals surface area contributed by atoms with E-state index in [4.69, 9.17) is 5.84 Å². The van der Waals surface area contributed by atoms with Crippen LogP contribution in [0.1, 0.15) is 42.4 Å². The smallest absolute Gasteiger partial charge is 0.123 e. The molecule has 4 nitrogen and oxygen atoms in total. The molecule has 0 aliphatic rings. The fraction of sp³-hybridized carbons (Fsp3) is 0.438. The van der Waals surface area contributed by atoms with Gasteiger partial charge in [-0.1, -0.05) is 13.0 Å². The molecule has 114 valence electrons. The van der Waals surface area contributed by atoms with Gasteiger partial charge < -0.3 is 0 Å². The molecule has 0 bridgehead atoms. The van der Waals surface area contributed by atoms with Crippen LogP contribution in [0, 0.1) is 12.7 Å². The maximum atomic E-state index is 13.6. The lowest BCUT2D eigenvalue weighted by atomic mass is 10.00. The quantitative estimate of drug-likeness (QED) is 0.635. The van der Waals surface area contributed by atoms with Gasteiger partial charge in [0.05, 0.1) is 11.7 Å². The number of aromatic nitrogens is 2. The summed E-state index contributed by atoms with van der Waals surface area (Å²) in [6, 6.07) is 6.97.